The third kappa shape index (κ3) is 4.95. The monoisotopic (exact) mass is 473 g/mol. The maximum atomic E-state index is 13.5. The zero-order chi connectivity index (χ0) is 24.1. The lowest BCUT2D eigenvalue weighted by atomic mass is 10.1. The van der Waals surface area contributed by atoms with Gasteiger partial charge in [-0.1, -0.05) is 42.1 Å². The fourth-order valence-corrected chi connectivity index (χ4v) is 4.81. The summed E-state index contributed by atoms with van der Waals surface area (Å²) in [5.74, 6) is -0.627. The molecule has 1 saturated heterocycles. The fraction of sp³-hybridized carbons (Fsp3) is 0.115. The number of ether oxygens (including phenoxy) is 1. The average molecular weight is 474 g/mol. The highest BCUT2D eigenvalue weighted by molar-refractivity contribution is 8.05. The topological polar surface area (TPSA) is 82.4 Å². The summed E-state index contributed by atoms with van der Waals surface area (Å²) in [6, 6.07) is 23.5. The standard InChI is InChI=1S/C26H20FN3O3S/c1-33-21-13-11-20(12-14-21)30-25(32)23(15-17-7-9-18(27)10-8-17)34-26(30)22(16-28)24(31)29-19-5-3-2-4-6-19/h2-14,23H,15H2,1H3,(H,29,31)/b26-22-. The van der Waals surface area contributed by atoms with E-state index in [1.807, 2.05) is 12.1 Å². The number of nitrogens with zero attached hydrogens (tertiary/aromatic N) is 2. The van der Waals surface area contributed by atoms with Crippen LogP contribution in [0.1, 0.15) is 5.56 Å². The molecule has 1 heterocycles. The van der Waals surface area contributed by atoms with E-state index in [0.717, 1.165) is 17.3 Å². The van der Waals surface area contributed by atoms with Gasteiger partial charge in [-0.3, -0.25) is 14.5 Å². The Bertz CT molecular complexity index is 1270. The van der Waals surface area contributed by atoms with Crippen LogP contribution in [-0.4, -0.2) is 24.2 Å². The van der Waals surface area contributed by atoms with E-state index in [1.54, 1.807) is 60.7 Å². The molecule has 34 heavy (non-hydrogen) atoms. The maximum Gasteiger partial charge on any atom is 0.269 e. The summed E-state index contributed by atoms with van der Waals surface area (Å²) in [6.45, 7) is 0. The molecule has 0 radical (unpaired) electrons. The van der Waals surface area contributed by atoms with Crippen LogP contribution in [0.4, 0.5) is 15.8 Å². The minimum absolute atomic E-state index is 0.167. The molecule has 0 bridgehead atoms. The highest BCUT2D eigenvalue weighted by atomic mass is 32.2. The van der Waals surface area contributed by atoms with Gasteiger partial charge in [0.15, 0.2) is 0 Å². The number of methoxy groups -OCH3 is 1. The summed E-state index contributed by atoms with van der Waals surface area (Å²) >= 11 is 1.15. The lowest BCUT2D eigenvalue weighted by Gasteiger charge is -2.19. The third-order valence-corrected chi connectivity index (χ3v) is 6.46. The van der Waals surface area contributed by atoms with Gasteiger partial charge in [-0.15, -0.1) is 0 Å². The number of para-hydroxylation sites is 1. The van der Waals surface area contributed by atoms with Crippen molar-refractivity contribution in [2.75, 3.05) is 17.3 Å². The third-order valence-electron chi connectivity index (χ3n) is 5.20. The number of carbonyl (C=O) groups is 2. The van der Waals surface area contributed by atoms with Crippen molar-refractivity contribution in [1.29, 1.82) is 5.26 Å². The summed E-state index contributed by atoms with van der Waals surface area (Å²) in [7, 11) is 1.54. The molecule has 8 heteroatoms. The van der Waals surface area contributed by atoms with Crippen molar-refractivity contribution < 1.29 is 18.7 Å². The van der Waals surface area contributed by atoms with Gasteiger partial charge in [-0.2, -0.15) is 5.26 Å². The van der Waals surface area contributed by atoms with Gasteiger partial charge >= 0.3 is 0 Å². The second-order valence-electron chi connectivity index (χ2n) is 7.42. The summed E-state index contributed by atoms with van der Waals surface area (Å²) < 4.78 is 18.5. The number of hydrogen-bond acceptors (Lipinski definition) is 5. The van der Waals surface area contributed by atoms with E-state index in [9.17, 15) is 19.2 Å². The molecule has 1 fully saturated rings. The molecule has 170 valence electrons. The molecular weight excluding hydrogens is 453 g/mol. The van der Waals surface area contributed by atoms with Crippen molar-refractivity contribution in [1.82, 2.24) is 0 Å². The zero-order valence-electron chi connectivity index (χ0n) is 18.2. The molecule has 2 amide bonds. The number of benzene rings is 3. The van der Waals surface area contributed by atoms with Crippen molar-refractivity contribution in [3.05, 3.63) is 101 Å². The van der Waals surface area contributed by atoms with Gasteiger partial charge in [0, 0.05) is 11.4 Å². The molecule has 1 aliphatic rings. The summed E-state index contributed by atoms with van der Waals surface area (Å²) in [5, 5.41) is 12.3. The minimum atomic E-state index is -0.607. The minimum Gasteiger partial charge on any atom is -0.497 e. The van der Waals surface area contributed by atoms with Gasteiger partial charge in [-0.05, 0) is 60.5 Å². The first-order valence-corrected chi connectivity index (χ1v) is 11.3. The first-order valence-electron chi connectivity index (χ1n) is 10.4. The molecular formula is C26H20FN3O3S. The molecule has 1 aliphatic heterocycles. The molecule has 3 aromatic rings. The van der Waals surface area contributed by atoms with Crippen LogP contribution in [0.5, 0.6) is 5.75 Å². The maximum absolute atomic E-state index is 13.5. The Hall–Kier alpha value is -4.09. The van der Waals surface area contributed by atoms with Crippen LogP contribution in [0.3, 0.4) is 0 Å². The first-order chi connectivity index (χ1) is 16.5. The molecule has 4 rings (SSSR count). The van der Waals surface area contributed by atoms with Crippen molar-refractivity contribution in [2.45, 2.75) is 11.7 Å². The number of nitriles is 1. The summed E-state index contributed by atoms with van der Waals surface area (Å²) in [5.41, 5.74) is 1.65. The van der Waals surface area contributed by atoms with Crippen molar-refractivity contribution >= 4 is 35.0 Å². The smallest absolute Gasteiger partial charge is 0.269 e. The SMILES string of the molecule is COc1ccc(N2C(=O)C(Cc3ccc(F)cc3)S/C2=C(/C#N)C(=O)Nc2ccccc2)cc1. The Morgan fingerprint density at radius 2 is 1.76 bits per heavy atom. The molecule has 0 aliphatic carbocycles. The van der Waals surface area contributed by atoms with E-state index in [1.165, 1.54) is 24.1 Å². The van der Waals surface area contributed by atoms with Crippen molar-refractivity contribution in [3.8, 4) is 11.8 Å². The molecule has 1 atom stereocenters. The lowest BCUT2D eigenvalue weighted by Crippen LogP contribution is -2.30. The molecule has 0 aromatic heterocycles. The van der Waals surface area contributed by atoms with Crippen LogP contribution in [0.25, 0.3) is 0 Å². The average Bonchev–Trinajstić information content (AvgIpc) is 3.17. The van der Waals surface area contributed by atoms with E-state index >= 15 is 0 Å². The Kier molecular flexibility index (Phi) is 6.95. The summed E-state index contributed by atoms with van der Waals surface area (Å²) in [4.78, 5) is 27.9. The number of nitrogens with one attached hydrogen (secondary N) is 1. The Morgan fingerprint density at radius 1 is 1.09 bits per heavy atom. The molecule has 0 spiro atoms. The van der Waals surface area contributed by atoms with Crippen LogP contribution in [-0.2, 0) is 16.0 Å². The predicted molar refractivity (Wildman–Crippen MR) is 130 cm³/mol. The van der Waals surface area contributed by atoms with E-state index < -0.39 is 11.2 Å². The Morgan fingerprint density at radius 3 is 2.38 bits per heavy atom. The highest BCUT2D eigenvalue weighted by Crippen LogP contribution is 2.42. The van der Waals surface area contributed by atoms with Gasteiger partial charge in [-0.25, -0.2) is 4.39 Å². The van der Waals surface area contributed by atoms with Gasteiger partial charge in [0.1, 0.15) is 28.2 Å². The van der Waals surface area contributed by atoms with Crippen molar-refractivity contribution in [3.63, 3.8) is 0 Å². The normalized spacial score (nSPS) is 16.7. The number of rotatable bonds is 6. The molecule has 1 N–H and O–H groups in total. The first kappa shape index (κ1) is 23.1. The van der Waals surface area contributed by atoms with Gasteiger partial charge < -0.3 is 10.1 Å². The van der Waals surface area contributed by atoms with Crippen molar-refractivity contribution in [2.24, 2.45) is 0 Å². The Labute approximate surface area is 200 Å². The largest absolute Gasteiger partial charge is 0.497 e. The van der Waals surface area contributed by atoms with Gasteiger partial charge in [0.2, 0.25) is 5.91 Å². The summed E-state index contributed by atoms with van der Waals surface area (Å²) in [6.07, 6.45) is 0.318. The number of amides is 2. The number of thioether (sulfide) groups is 1. The van der Waals surface area contributed by atoms with E-state index in [0.29, 0.717) is 23.5 Å². The van der Waals surface area contributed by atoms with Crippen LogP contribution >= 0.6 is 11.8 Å². The Balaban J connectivity index is 1.72. The fourth-order valence-electron chi connectivity index (χ4n) is 3.50. The quantitative estimate of drug-likeness (QED) is 0.407. The zero-order valence-corrected chi connectivity index (χ0v) is 19.0. The molecule has 0 saturated carbocycles. The number of anilines is 2. The lowest BCUT2D eigenvalue weighted by molar-refractivity contribution is -0.117. The van der Waals surface area contributed by atoms with E-state index in [4.69, 9.17) is 4.74 Å². The number of carbonyl (C=O) groups excluding carboxylic acids is 2. The van der Waals surface area contributed by atoms with Crippen LogP contribution < -0.4 is 15.0 Å². The second kappa shape index (κ2) is 10.2. The highest BCUT2D eigenvalue weighted by Gasteiger charge is 2.40. The van der Waals surface area contributed by atoms with E-state index in [-0.39, 0.29) is 22.3 Å². The second-order valence-corrected chi connectivity index (χ2v) is 8.61. The number of halogens is 1. The molecule has 3 aromatic carbocycles. The van der Waals surface area contributed by atoms with Gasteiger partial charge in [0.25, 0.3) is 5.91 Å². The van der Waals surface area contributed by atoms with Crippen LogP contribution in [0.15, 0.2) is 89.5 Å². The molecule has 1 unspecified atom stereocenters. The molecule has 6 nitrogen and oxygen atoms in total. The van der Waals surface area contributed by atoms with Crippen LogP contribution in [0.2, 0.25) is 0 Å². The predicted octanol–water partition coefficient (Wildman–Crippen LogP) is 4.90. The van der Waals surface area contributed by atoms with Gasteiger partial charge in [0.05, 0.1) is 12.4 Å². The number of hydrogen-bond donors (Lipinski definition) is 1. The van der Waals surface area contributed by atoms with Crippen LogP contribution in [0, 0.1) is 17.1 Å². The van der Waals surface area contributed by atoms with E-state index in [2.05, 4.69) is 5.32 Å².